The lowest BCUT2D eigenvalue weighted by molar-refractivity contribution is -0.137. The van der Waals surface area contributed by atoms with E-state index in [4.69, 9.17) is 11.6 Å². The number of nitrogens with zero attached hydrogens (tertiary/aromatic N) is 4. The third-order valence-electron chi connectivity index (χ3n) is 2.90. The van der Waals surface area contributed by atoms with Gasteiger partial charge in [0.1, 0.15) is 16.9 Å². The molecule has 2 heterocycles. The third-order valence-corrected chi connectivity index (χ3v) is 3.19. The summed E-state index contributed by atoms with van der Waals surface area (Å²) in [4.78, 5) is 15.1. The molecule has 0 aliphatic rings. The van der Waals surface area contributed by atoms with E-state index in [0.717, 1.165) is 12.4 Å². The summed E-state index contributed by atoms with van der Waals surface area (Å²) in [5.41, 5.74) is -1.21. The van der Waals surface area contributed by atoms with Crippen LogP contribution in [-0.2, 0) is 6.18 Å². The largest absolute Gasteiger partial charge is 0.493 e. The first-order chi connectivity index (χ1) is 10.4. The Morgan fingerprint density at radius 1 is 1.05 bits per heavy atom. The van der Waals surface area contributed by atoms with Crippen LogP contribution in [0.1, 0.15) is 5.56 Å². The van der Waals surface area contributed by atoms with Gasteiger partial charge in [-0.15, -0.1) is 0 Å². The molecule has 0 atom stereocenters. The number of hydrogen-bond acceptors (Lipinski definition) is 5. The number of hydrogen-bond donors (Lipinski definition) is 1. The summed E-state index contributed by atoms with van der Waals surface area (Å²) < 4.78 is 39.1. The van der Waals surface area contributed by atoms with Gasteiger partial charge in [-0.1, -0.05) is 29.8 Å². The number of rotatable bonds is 1. The highest BCUT2D eigenvalue weighted by atomic mass is 35.5. The van der Waals surface area contributed by atoms with Gasteiger partial charge >= 0.3 is 6.18 Å². The molecule has 0 saturated heterocycles. The van der Waals surface area contributed by atoms with E-state index in [1.807, 2.05) is 0 Å². The van der Waals surface area contributed by atoms with Crippen molar-refractivity contribution in [1.82, 2.24) is 19.9 Å². The van der Waals surface area contributed by atoms with Crippen molar-refractivity contribution < 1.29 is 18.3 Å². The fraction of sp³-hybridized carbons (Fsp3) is 0.0769. The van der Waals surface area contributed by atoms with Crippen molar-refractivity contribution in [1.29, 1.82) is 0 Å². The summed E-state index contributed by atoms with van der Waals surface area (Å²) in [7, 11) is 0. The molecule has 112 valence electrons. The molecule has 22 heavy (non-hydrogen) atoms. The van der Waals surface area contributed by atoms with Crippen LogP contribution in [0.3, 0.4) is 0 Å². The van der Waals surface area contributed by atoms with Gasteiger partial charge in [-0.25, -0.2) is 15.0 Å². The molecular weight excluding hydrogens is 321 g/mol. The molecule has 2 aromatic heterocycles. The summed E-state index contributed by atoms with van der Waals surface area (Å²) in [6.07, 6.45) is -3.48. The minimum Gasteiger partial charge on any atom is -0.493 e. The van der Waals surface area contributed by atoms with E-state index >= 15 is 0 Å². The minimum atomic E-state index is -4.58. The first-order valence-corrected chi connectivity index (χ1v) is 6.29. The van der Waals surface area contributed by atoms with Crippen molar-refractivity contribution in [3.8, 4) is 17.3 Å². The highest BCUT2D eigenvalue weighted by Gasteiger charge is 2.34. The van der Waals surface area contributed by atoms with Crippen LogP contribution in [0, 0.1) is 0 Å². The zero-order chi connectivity index (χ0) is 15.9. The Balaban J connectivity index is 2.29. The Hall–Kier alpha value is -2.48. The molecule has 3 rings (SSSR count). The zero-order valence-corrected chi connectivity index (χ0v) is 11.4. The fourth-order valence-corrected chi connectivity index (χ4v) is 2.17. The predicted octanol–water partition coefficient (Wildman–Crippen LogP) is 3.46. The molecule has 1 aromatic carbocycles. The van der Waals surface area contributed by atoms with E-state index in [1.165, 1.54) is 18.2 Å². The Morgan fingerprint density at radius 3 is 2.50 bits per heavy atom. The van der Waals surface area contributed by atoms with Crippen molar-refractivity contribution in [2.24, 2.45) is 0 Å². The molecule has 0 fully saturated rings. The normalized spacial score (nSPS) is 11.8. The van der Waals surface area contributed by atoms with Gasteiger partial charge in [0.15, 0.2) is 11.5 Å². The number of benzene rings is 1. The van der Waals surface area contributed by atoms with Crippen molar-refractivity contribution in [2.45, 2.75) is 6.18 Å². The Labute approximate surface area is 126 Å². The Kier molecular flexibility index (Phi) is 3.32. The van der Waals surface area contributed by atoms with E-state index in [2.05, 4.69) is 19.9 Å². The Bertz CT molecular complexity index is 870. The van der Waals surface area contributed by atoms with Crippen LogP contribution < -0.4 is 0 Å². The summed E-state index contributed by atoms with van der Waals surface area (Å²) in [6, 6.07) is 4.80. The average molecular weight is 327 g/mol. The molecule has 9 heteroatoms. The fourth-order valence-electron chi connectivity index (χ4n) is 1.96. The van der Waals surface area contributed by atoms with Crippen molar-refractivity contribution >= 4 is 22.6 Å². The van der Waals surface area contributed by atoms with E-state index in [0.29, 0.717) is 0 Å². The van der Waals surface area contributed by atoms with E-state index in [-0.39, 0.29) is 27.6 Å². The lowest BCUT2D eigenvalue weighted by Crippen LogP contribution is -2.08. The van der Waals surface area contributed by atoms with Gasteiger partial charge in [-0.3, -0.25) is 0 Å². The molecule has 0 amide bonds. The van der Waals surface area contributed by atoms with E-state index in [9.17, 15) is 18.3 Å². The highest BCUT2D eigenvalue weighted by Crippen LogP contribution is 2.37. The molecule has 0 unspecified atom stereocenters. The van der Waals surface area contributed by atoms with Crippen LogP contribution in [0.2, 0.25) is 5.15 Å². The maximum absolute atomic E-state index is 13.0. The monoisotopic (exact) mass is 326 g/mol. The first kappa shape index (κ1) is 14.5. The number of alkyl halides is 3. The SMILES string of the molecule is Oc1nc(-c2ccccc2C(F)(F)F)nc2ncnc(Cl)c12. The maximum atomic E-state index is 13.0. The lowest BCUT2D eigenvalue weighted by Gasteiger charge is -2.12. The van der Waals surface area contributed by atoms with Crippen molar-refractivity contribution in [3.05, 3.63) is 41.3 Å². The molecule has 3 aromatic rings. The average Bonchev–Trinajstić information content (AvgIpc) is 2.46. The van der Waals surface area contributed by atoms with Gasteiger partial charge in [0.25, 0.3) is 0 Å². The molecule has 0 bridgehead atoms. The zero-order valence-electron chi connectivity index (χ0n) is 10.6. The van der Waals surface area contributed by atoms with E-state index < -0.39 is 17.6 Å². The van der Waals surface area contributed by atoms with Crippen molar-refractivity contribution in [2.75, 3.05) is 0 Å². The minimum absolute atomic E-state index is 0.0163. The van der Waals surface area contributed by atoms with Gasteiger partial charge in [-0.2, -0.15) is 18.2 Å². The number of fused-ring (bicyclic) bond motifs is 1. The van der Waals surface area contributed by atoms with Crippen molar-refractivity contribution in [3.63, 3.8) is 0 Å². The van der Waals surface area contributed by atoms with Crippen LogP contribution in [-0.4, -0.2) is 25.0 Å². The molecule has 1 N–H and O–H groups in total. The van der Waals surface area contributed by atoms with Crippen LogP contribution in [0.15, 0.2) is 30.6 Å². The molecule has 0 aliphatic carbocycles. The first-order valence-electron chi connectivity index (χ1n) is 5.91. The van der Waals surface area contributed by atoms with Gasteiger partial charge < -0.3 is 5.11 Å². The molecular formula is C13H6ClF3N4O. The maximum Gasteiger partial charge on any atom is 0.417 e. The summed E-state index contributed by atoms with van der Waals surface area (Å²) in [6.45, 7) is 0. The second kappa shape index (κ2) is 5.06. The van der Waals surface area contributed by atoms with E-state index in [1.54, 1.807) is 0 Å². The lowest BCUT2D eigenvalue weighted by atomic mass is 10.1. The number of aromatic hydroxyl groups is 1. The predicted molar refractivity (Wildman–Crippen MR) is 72.2 cm³/mol. The van der Waals surface area contributed by atoms with Gasteiger partial charge in [0, 0.05) is 5.56 Å². The Morgan fingerprint density at radius 2 is 1.77 bits per heavy atom. The van der Waals surface area contributed by atoms with Gasteiger partial charge in [0.05, 0.1) is 5.56 Å². The standard InChI is InChI=1S/C13H6ClF3N4O/c14-9-8-11(19-5-18-9)20-10(21-12(8)22)6-3-1-2-4-7(6)13(15,16)17/h1-5H,(H,18,19,20,21,22). The summed E-state index contributed by atoms with van der Waals surface area (Å²) >= 11 is 5.79. The molecule has 0 saturated carbocycles. The highest BCUT2D eigenvalue weighted by molar-refractivity contribution is 6.34. The summed E-state index contributed by atoms with van der Waals surface area (Å²) in [5, 5.41) is 9.79. The van der Waals surface area contributed by atoms with Crippen LogP contribution in [0.25, 0.3) is 22.4 Å². The van der Waals surface area contributed by atoms with Crippen LogP contribution in [0.4, 0.5) is 13.2 Å². The van der Waals surface area contributed by atoms with Crippen LogP contribution in [0.5, 0.6) is 5.88 Å². The molecule has 0 radical (unpaired) electrons. The van der Waals surface area contributed by atoms with Gasteiger partial charge in [-0.05, 0) is 6.07 Å². The topological polar surface area (TPSA) is 71.8 Å². The van der Waals surface area contributed by atoms with Crippen LogP contribution >= 0.6 is 11.6 Å². The smallest absolute Gasteiger partial charge is 0.417 e. The molecule has 0 aliphatic heterocycles. The molecule has 5 nitrogen and oxygen atoms in total. The third kappa shape index (κ3) is 2.41. The van der Waals surface area contributed by atoms with Gasteiger partial charge in [0.2, 0.25) is 5.88 Å². The quantitative estimate of drug-likeness (QED) is 0.693. The molecule has 0 spiro atoms. The second-order valence-corrected chi connectivity index (χ2v) is 4.64. The number of aromatic nitrogens is 4. The number of halogens is 4. The second-order valence-electron chi connectivity index (χ2n) is 4.28. The summed E-state index contributed by atoms with van der Waals surface area (Å²) in [5.74, 6) is -0.879.